The summed E-state index contributed by atoms with van der Waals surface area (Å²) >= 11 is 0. The van der Waals surface area contributed by atoms with Crippen LogP contribution >= 0.6 is 0 Å². The first-order valence-corrected chi connectivity index (χ1v) is 6.46. The fourth-order valence-corrected chi connectivity index (χ4v) is 2.27. The molecule has 1 atom stereocenters. The highest BCUT2D eigenvalue weighted by atomic mass is 19.1. The molecule has 2 nitrogen and oxygen atoms in total. The zero-order valence-corrected chi connectivity index (χ0v) is 10.4. The summed E-state index contributed by atoms with van der Waals surface area (Å²) in [6.07, 6.45) is 3.44. The Morgan fingerprint density at radius 2 is 2.12 bits per heavy atom. The van der Waals surface area contributed by atoms with Crippen LogP contribution < -0.4 is 5.73 Å². The molecule has 94 valence electrons. The summed E-state index contributed by atoms with van der Waals surface area (Å²) in [5, 5.41) is 0. The average Bonchev–Trinajstić information content (AvgIpc) is 3.14. The second-order valence-corrected chi connectivity index (χ2v) is 4.78. The van der Waals surface area contributed by atoms with Gasteiger partial charge in [0.2, 0.25) is 0 Å². The summed E-state index contributed by atoms with van der Waals surface area (Å²) in [6, 6.07) is 7.38. The molecule has 1 saturated carbocycles. The molecule has 17 heavy (non-hydrogen) atoms. The maximum atomic E-state index is 13.5. The van der Waals surface area contributed by atoms with Gasteiger partial charge >= 0.3 is 0 Å². The minimum Gasteiger partial charge on any atom is -0.324 e. The van der Waals surface area contributed by atoms with Gasteiger partial charge in [-0.15, -0.1) is 0 Å². The lowest BCUT2D eigenvalue weighted by Gasteiger charge is -2.22. The molecule has 0 radical (unpaired) electrons. The van der Waals surface area contributed by atoms with Crippen LogP contribution in [0.25, 0.3) is 0 Å². The van der Waals surface area contributed by atoms with Crippen molar-refractivity contribution < 1.29 is 4.39 Å². The van der Waals surface area contributed by atoms with Crippen LogP contribution in [0.1, 0.15) is 37.8 Å². The third-order valence-corrected chi connectivity index (χ3v) is 3.50. The van der Waals surface area contributed by atoms with Gasteiger partial charge in [-0.1, -0.05) is 25.1 Å². The summed E-state index contributed by atoms with van der Waals surface area (Å²) < 4.78 is 13.5. The fourth-order valence-electron chi connectivity index (χ4n) is 2.27. The zero-order chi connectivity index (χ0) is 12.3. The highest BCUT2D eigenvalue weighted by Gasteiger charge is 2.27. The Balaban J connectivity index is 1.88. The lowest BCUT2D eigenvalue weighted by molar-refractivity contribution is 0.266. The van der Waals surface area contributed by atoms with Gasteiger partial charge in [0.1, 0.15) is 5.82 Å². The molecule has 1 aliphatic carbocycles. The molecule has 0 spiro atoms. The number of hydrogen-bond acceptors (Lipinski definition) is 2. The van der Waals surface area contributed by atoms with Crippen LogP contribution in [0.2, 0.25) is 0 Å². The quantitative estimate of drug-likeness (QED) is 0.823. The largest absolute Gasteiger partial charge is 0.324 e. The van der Waals surface area contributed by atoms with Crippen LogP contribution in [-0.4, -0.2) is 24.0 Å². The predicted octanol–water partition coefficient (Wildman–Crippen LogP) is 2.70. The van der Waals surface area contributed by atoms with Crippen molar-refractivity contribution in [1.29, 1.82) is 0 Å². The first-order chi connectivity index (χ1) is 8.22. The van der Waals surface area contributed by atoms with Crippen LogP contribution in [0.4, 0.5) is 4.39 Å². The Morgan fingerprint density at radius 1 is 1.41 bits per heavy atom. The lowest BCUT2D eigenvalue weighted by Crippen LogP contribution is -2.29. The van der Waals surface area contributed by atoms with Gasteiger partial charge in [0.25, 0.3) is 0 Å². The molecule has 3 heteroatoms. The van der Waals surface area contributed by atoms with Gasteiger partial charge in [-0.2, -0.15) is 0 Å². The van der Waals surface area contributed by atoms with Crippen molar-refractivity contribution in [2.75, 3.05) is 13.1 Å². The van der Waals surface area contributed by atoms with Gasteiger partial charge in [0, 0.05) is 24.2 Å². The molecule has 1 unspecified atom stereocenters. The summed E-state index contributed by atoms with van der Waals surface area (Å²) in [5.41, 5.74) is 6.69. The van der Waals surface area contributed by atoms with E-state index in [1.54, 1.807) is 12.1 Å². The number of rotatable bonds is 6. The highest BCUT2D eigenvalue weighted by Crippen LogP contribution is 2.27. The van der Waals surface area contributed by atoms with E-state index in [2.05, 4.69) is 11.8 Å². The van der Waals surface area contributed by atoms with Gasteiger partial charge in [0.05, 0.1) is 0 Å². The Labute approximate surface area is 103 Å². The second-order valence-electron chi connectivity index (χ2n) is 4.78. The van der Waals surface area contributed by atoms with Crippen LogP contribution in [0.3, 0.4) is 0 Å². The van der Waals surface area contributed by atoms with E-state index in [0.29, 0.717) is 5.56 Å². The van der Waals surface area contributed by atoms with Crippen molar-refractivity contribution in [2.24, 2.45) is 5.73 Å². The molecule has 0 aliphatic heterocycles. The summed E-state index contributed by atoms with van der Waals surface area (Å²) in [4.78, 5) is 2.45. The Kier molecular flexibility index (Phi) is 4.13. The molecule has 0 heterocycles. The first-order valence-electron chi connectivity index (χ1n) is 6.46. The SMILES string of the molecule is CCN(CCC(N)c1ccccc1F)C1CC1. The highest BCUT2D eigenvalue weighted by molar-refractivity contribution is 5.20. The Hall–Kier alpha value is -0.930. The van der Waals surface area contributed by atoms with Crippen molar-refractivity contribution in [3.63, 3.8) is 0 Å². The van der Waals surface area contributed by atoms with Crippen LogP contribution in [0, 0.1) is 5.82 Å². The molecule has 2 rings (SSSR count). The third kappa shape index (κ3) is 3.27. The summed E-state index contributed by atoms with van der Waals surface area (Å²) in [7, 11) is 0. The third-order valence-electron chi connectivity index (χ3n) is 3.50. The second kappa shape index (κ2) is 5.61. The van der Waals surface area contributed by atoms with Gasteiger partial charge in [-0.25, -0.2) is 4.39 Å². The standard InChI is InChI=1S/C14H21FN2/c1-2-17(11-7-8-11)10-9-14(16)12-5-3-4-6-13(12)15/h3-6,11,14H,2,7-10,16H2,1H3. The predicted molar refractivity (Wildman–Crippen MR) is 68.2 cm³/mol. The zero-order valence-electron chi connectivity index (χ0n) is 10.4. The van der Waals surface area contributed by atoms with Crippen LogP contribution in [-0.2, 0) is 0 Å². The van der Waals surface area contributed by atoms with Gasteiger partial charge in [0.15, 0.2) is 0 Å². The van der Waals surface area contributed by atoms with E-state index in [9.17, 15) is 4.39 Å². The number of nitrogens with two attached hydrogens (primary N) is 1. The lowest BCUT2D eigenvalue weighted by atomic mass is 10.0. The van der Waals surface area contributed by atoms with E-state index in [1.807, 2.05) is 6.07 Å². The first kappa shape index (κ1) is 12.5. The number of halogens is 1. The smallest absolute Gasteiger partial charge is 0.127 e. The van der Waals surface area contributed by atoms with E-state index in [0.717, 1.165) is 25.6 Å². The molecule has 0 amide bonds. The molecule has 1 aromatic carbocycles. The fraction of sp³-hybridized carbons (Fsp3) is 0.571. The van der Waals surface area contributed by atoms with Gasteiger partial charge < -0.3 is 10.6 Å². The van der Waals surface area contributed by atoms with Gasteiger partial charge in [-0.3, -0.25) is 0 Å². The molecule has 2 N–H and O–H groups in total. The Bertz CT molecular complexity index is 363. The van der Waals surface area contributed by atoms with E-state index < -0.39 is 0 Å². The minimum absolute atomic E-state index is 0.186. The normalized spacial score (nSPS) is 17.4. The molecule has 1 fully saturated rings. The molecular formula is C14H21FN2. The van der Waals surface area contributed by atoms with Gasteiger partial charge in [-0.05, 0) is 31.9 Å². The minimum atomic E-state index is -0.191. The maximum absolute atomic E-state index is 13.5. The van der Waals surface area contributed by atoms with Crippen molar-refractivity contribution in [3.8, 4) is 0 Å². The molecular weight excluding hydrogens is 215 g/mol. The van der Waals surface area contributed by atoms with E-state index >= 15 is 0 Å². The van der Waals surface area contributed by atoms with Crippen molar-refractivity contribution in [3.05, 3.63) is 35.6 Å². The molecule has 0 saturated heterocycles. The average molecular weight is 236 g/mol. The summed E-state index contributed by atoms with van der Waals surface area (Å²) in [6.45, 7) is 4.21. The Morgan fingerprint density at radius 3 is 2.71 bits per heavy atom. The van der Waals surface area contributed by atoms with Crippen molar-refractivity contribution >= 4 is 0 Å². The molecule has 1 aromatic rings. The van der Waals surface area contributed by atoms with E-state index in [1.165, 1.54) is 18.9 Å². The maximum Gasteiger partial charge on any atom is 0.127 e. The topological polar surface area (TPSA) is 29.3 Å². The number of nitrogens with zero attached hydrogens (tertiary/aromatic N) is 1. The van der Waals surface area contributed by atoms with E-state index in [-0.39, 0.29) is 11.9 Å². The van der Waals surface area contributed by atoms with E-state index in [4.69, 9.17) is 5.73 Å². The van der Waals surface area contributed by atoms with Crippen molar-refractivity contribution in [1.82, 2.24) is 4.90 Å². The monoisotopic (exact) mass is 236 g/mol. The molecule has 0 bridgehead atoms. The van der Waals surface area contributed by atoms with Crippen LogP contribution in [0.5, 0.6) is 0 Å². The molecule has 1 aliphatic rings. The van der Waals surface area contributed by atoms with Crippen molar-refractivity contribution in [2.45, 2.75) is 38.3 Å². The number of hydrogen-bond donors (Lipinski definition) is 1. The molecule has 0 aromatic heterocycles. The summed E-state index contributed by atoms with van der Waals surface area (Å²) in [5.74, 6) is -0.186. The number of benzene rings is 1. The van der Waals surface area contributed by atoms with Crippen LogP contribution in [0.15, 0.2) is 24.3 Å².